The first kappa shape index (κ1) is 19.8. The summed E-state index contributed by atoms with van der Waals surface area (Å²) in [5.74, 6) is -0.599. The SMILES string of the molecule is Cc1ccc(NC(=O)c2cc3ccc(O)cc3oc2=Nc2ccc(C(N)=O)cc2)nc1. The number of phenolic OH excluding ortho intramolecular Hbond substituents is 1. The van der Waals surface area contributed by atoms with Crippen molar-refractivity contribution in [3.05, 3.63) is 89.1 Å². The monoisotopic (exact) mass is 414 g/mol. The minimum Gasteiger partial charge on any atom is -0.508 e. The number of pyridine rings is 1. The van der Waals surface area contributed by atoms with Crippen molar-refractivity contribution in [2.45, 2.75) is 6.92 Å². The number of hydrogen-bond acceptors (Lipinski definition) is 6. The van der Waals surface area contributed by atoms with Crippen molar-refractivity contribution >= 4 is 34.3 Å². The molecule has 2 heterocycles. The van der Waals surface area contributed by atoms with Crippen LogP contribution in [0.25, 0.3) is 11.0 Å². The Morgan fingerprint density at radius 2 is 1.84 bits per heavy atom. The van der Waals surface area contributed by atoms with Crippen LogP contribution >= 0.6 is 0 Å². The summed E-state index contributed by atoms with van der Waals surface area (Å²) < 4.78 is 5.83. The number of carbonyl (C=O) groups excluding carboxylic acids is 2. The smallest absolute Gasteiger partial charge is 0.262 e. The van der Waals surface area contributed by atoms with Crippen LogP contribution in [0, 0.1) is 6.92 Å². The number of nitrogens with two attached hydrogens (primary N) is 1. The molecule has 0 unspecified atom stereocenters. The van der Waals surface area contributed by atoms with Crippen LogP contribution in [0.1, 0.15) is 26.3 Å². The fraction of sp³-hybridized carbons (Fsp3) is 0.0435. The number of benzene rings is 2. The lowest BCUT2D eigenvalue weighted by atomic mass is 10.1. The third kappa shape index (κ3) is 4.43. The summed E-state index contributed by atoms with van der Waals surface area (Å²) in [5, 5.41) is 13.1. The van der Waals surface area contributed by atoms with Gasteiger partial charge in [0, 0.05) is 23.2 Å². The molecule has 0 bridgehead atoms. The lowest BCUT2D eigenvalue weighted by Gasteiger charge is -2.07. The fourth-order valence-corrected chi connectivity index (χ4v) is 2.90. The number of phenols is 1. The third-order valence-corrected chi connectivity index (χ3v) is 4.51. The van der Waals surface area contributed by atoms with E-state index in [0.717, 1.165) is 5.56 Å². The molecule has 2 aromatic carbocycles. The Labute approximate surface area is 176 Å². The Balaban J connectivity index is 1.82. The number of aromatic hydroxyl groups is 1. The highest BCUT2D eigenvalue weighted by Gasteiger charge is 2.14. The van der Waals surface area contributed by atoms with E-state index >= 15 is 0 Å². The Hall–Kier alpha value is -4.46. The van der Waals surface area contributed by atoms with E-state index in [1.165, 1.54) is 24.3 Å². The van der Waals surface area contributed by atoms with Crippen LogP contribution in [-0.2, 0) is 0 Å². The Kier molecular flexibility index (Phi) is 5.19. The molecule has 0 aliphatic rings. The van der Waals surface area contributed by atoms with Gasteiger partial charge in [-0.15, -0.1) is 0 Å². The van der Waals surface area contributed by atoms with Crippen LogP contribution in [0.15, 0.2) is 76.3 Å². The summed E-state index contributed by atoms with van der Waals surface area (Å²) in [7, 11) is 0. The van der Waals surface area contributed by atoms with Crippen LogP contribution < -0.4 is 16.6 Å². The van der Waals surface area contributed by atoms with E-state index < -0.39 is 11.8 Å². The maximum Gasteiger partial charge on any atom is 0.262 e. The largest absolute Gasteiger partial charge is 0.508 e. The highest BCUT2D eigenvalue weighted by molar-refractivity contribution is 6.05. The van der Waals surface area contributed by atoms with Gasteiger partial charge < -0.3 is 20.6 Å². The van der Waals surface area contributed by atoms with Gasteiger partial charge in [0.15, 0.2) is 0 Å². The number of aryl methyl sites for hydroxylation is 1. The number of aromatic nitrogens is 1. The zero-order valence-corrected chi connectivity index (χ0v) is 16.5. The van der Waals surface area contributed by atoms with Gasteiger partial charge in [0.25, 0.3) is 5.91 Å². The highest BCUT2D eigenvalue weighted by Crippen LogP contribution is 2.21. The van der Waals surface area contributed by atoms with E-state index in [0.29, 0.717) is 28.0 Å². The predicted molar refractivity (Wildman–Crippen MR) is 115 cm³/mol. The normalized spacial score (nSPS) is 11.5. The molecule has 154 valence electrons. The molecular formula is C23H18N4O4. The molecule has 0 spiro atoms. The minimum absolute atomic E-state index is 0.0223. The van der Waals surface area contributed by atoms with Gasteiger partial charge in [-0.25, -0.2) is 9.98 Å². The number of fused-ring (bicyclic) bond motifs is 1. The van der Waals surface area contributed by atoms with Crippen molar-refractivity contribution in [3.8, 4) is 5.75 Å². The number of nitrogens with one attached hydrogen (secondary N) is 1. The van der Waals surface area contributed by atoms with Gasteiger partial charge in [0.05, 0.1) is 5.69 Å². The van der Waals surface area contributed by atoms with Gasteiger partial charge in [-0.05, 0) is 61.0 Å². The molecule has 0 aliphatic carbocycles. The quantitative estimate of drug-likeness (QED) is 0.471. The number of hydrogen-bond donors (Lipinski definition) is 3. The van der Waals surface area contributed by atoms with E-state index in [1.54, 1.807) is 36.5 Å². The topological polar surface area (TPSA) is 131 Å². The molecule has 2 aromatic heterocycles. The van der Waals surface area contributed by atoms with E-state index in [9.17, 15) is 14.7 Å². The molecule has 0 atom stereocenters. The first-order valence-corrected chi connectivity index (χ1v) is 9.34. The first-order valence-electron chi connectivity index (χ1n) is 9.34. The molecule has 4 N–H and O–H groups in total. The van der Waals surface area contributed by atoms with Gasteiger partial charge in [-0.1, -0.05) is 6.07 Å². The van der Waals surface area contributed by atoms with Gasteiger partial charge in [-0.3, -0.25) is 9.59 Å². The number of rotatable bonds is 4. The zero-order chi connectivity index (χ0) is 22.0. The van der Waals surface area contributed by atoms with Crippen LogP contribution in [0.3, 0.4) is 0 Å². The first-order chi connectivity index (χ1) is 14.9. The molecule has 0 aliphatic heterocycles. The molecule has 4 aromatic rings. The molecule has 0 fully saturated rings. The summed E-state index contributed by atoms with van der Waals surface area (Å²) in [6, 6.07) is 16.0. The molecule has 0 radical (unpaired) electrons. The van der Waals surface area contributed by atoms with Gasteiger partial charge in [0.2, 0.25) is 11.5 Å². The predicted octanol–water partition coefficient (Wildman–Crippen LogP) is 3.43. The fourth-order valence-electron chi connectivity index (χ4n) is 2.90. The number of carbonyl (C=O) groups is 2. The van der Waals surface area contributed by atoms with E-state index in [4.69, 9.17) is 10.2 Å². The number of amides is 2. The lowest BCUT2D eigenvalue weighted by Crippen LogP contribution is -2.22. The lowest BCUT2D eigenvalue weighted by molar-refractivity contribution is 0.0997. The zero-order valence-electron chi connectivity index (χ0n) is 16.5. The maximum absolute atomic E-state index is 13.0. The molecule has 8 nitrogen and oxygen atoms in total. The van der Waals surface area contributed by atoms with Crippen molar-refractivity contribution in [1.29, 1.82) is 0 Å². The second kappa shape index (κ2) is 8.11. The van der Waals surface area contributed by atoms with Crippen LogP contribution in [-0.4, -0.2) is 21.9 Å². The summed E-state index contributed by atoms with van der Waals surface area (Å²) in [5.41, 5.74) is 7.60. The second-order valence-electron chi connectivity index (χ2n) is 6.89. The molecule has 31 heavy (non-hydrogen) atoms. The second-order valence-corrected chi connectivity index (χ2v) is 6.89. The van der Waals surface area contributed by atoms with E-state index in [2.05, 4.69) is 15.3 Å². The third-order valence-electron chi connectivity index (χ3n) is 4.51. The molecule has 2 amide bonds. The molecule has 4 rings (SSSR count). The van der Waals surface area contributed by atoms with Crippen molar-refractivity contribution in [2.75, 3.05) is 5.32 Å². The molecule has 0 saturated carbocycles. The number of primary amides is 1. The Morgan fingerprint density at radius 1 is 1.06 bits per heavy atom. The van der Waals surface area contributed by atoms with Crippen LogP contribution in [0.5, 0.6) is 5.75 Å². The number of nitrogens with zero attached hydrogens (tertiary/aromatic N) is 2. The van der Waals surface area contributed by atoms with Crippen molar-refractivity contribution in [3.63, 3.8) is 0 Å². The average Bonchev–Trinajstić information content (AvgIpc) is 2.75. The summed E-state index contributed by atoms with van der Waals surface area (Å²) >= 11 is 0. The average molecular weight is 414 g/mol. The van der Waals surface area contributed by atoms with Crippen molar-refractivity contribution < 1.29 is 19.1 Å². The molecular weight excluding hydrogens is 396 g/mol. The van der Waals surface area contributed by atoms with Crippen LogP contribution in [0.4, 0.5) is 11.5 Å². The van der Waals surface area contributed by atoms with Gasteiger partial charge in [-0.2, -0.15) is 0 Å². The van der Waals surface area contributed by atoms with E-state index in [-0.39, 0.29) is 16.9 Å². The maximum atomic E-state index is 13.0. The molecule has 8 heteroatoms. The highest BCUT2D eigenvalue weighted by atomic mass is 16.3. The Bertz CT molecular complexity index is 1360. The summed E-state index contributed by atoms with van der Waals surface area (Å²) in [4.78, 5) is 32.9. The standard InChI is InChI=1S/C23H18N4O4/c1-13-2-9-20(25-12-13)27-22(30)18-10-15-5-8-17(28)11-19(15)31-23(18)26-16-6-3-14(4-7-16)21(24)29/h2-12,28H,1H3,(H2,24,29)(H,25,27,30). The van der Waals surface area contributed by atoms with Crippen molar-refractivity contribution in [2.24, 2.45) is 10.7 Å². The summed E-state index contributed by atoms with van der Waals surface area (Å²) in [6.45, 7) is 1.90. The summed E-state index contributed by atoms with van der Waals surface area (Å²) in [6.07, 6.45) is 1.65. The van der Waals surface area contributed by atoms with Gasteiger partial charge in [0.1, 0.15) is 22.7 Å². The van der Waals surface area contributed by atoms with Crippen LogP contribution in [0.2, 0.25) is 0 Å². The molecule has 0 saturated heterocycles. The minimum atomic E-state index is -0.553. The van der Waals surface area contributed by atoms with Gasteiger partial charge >= 0.3 is 0 Å². The number of anilines is 1. The van der Waals surface area contributed by atoms with Crippen molar-refractivity contribution in [1.82, 2.24) is 4.98 Å². The van der Waals surface area contributed by atoms with E-state index in [1.807, 2.05) is 13.0 Å². The Morgan fingerprint density at radius 3 is 2.52 bits per heavy atom.